The van der Waals surface area contributed by atoms with E-state index in [1.165, 1.54) is 6.07 Å². The van der Waals surface area contributed by atoms with Gasteiger partial charge in [-0.25, -0.2) is 13.1 Å². The van der Waals surface area contributed by atoms with Crippen LogP contribution in [-0.2, 0) is 10.0 Å². The number of nitrogens with two attached hydrogens (primary N) is 1. The first kappa shape index (κ1) is 20.1. The number of sulfonamides is 1. The Bertz CT molecular complexity index is 540. The van der Waals surface area contributed by atoms with Crippen LogP contribution in [0.5, 0.6) is 0 Å². The monoisotopic (exact) mass is 404 g/mol. The Hall–Kier alpha value is 0.150. The third kappa shape index (κ3) is 4.58. The van der Waals surface area contributed by atoms with E-state index in [1.807, 2.05) is 13.8 Å². The summed E-state index contributed by atoms with van der Waals surface area (Å²) in [6.45, 7) is 4.08. The minimum Gasteiger partial charge on any atom is -0.329 e. The van der Waals surface area contributed by atoms with E-state index in [9.17, 15) is 8.42 Å². The lowest BCUT2D eigenvalue weighted by Gasteiger charge is -2.31. The summed E-state index contributed by atoms with van der Waals surface area (Å²) < 4.78 is 28.0. The lowest BCUT2D eigenvalue weighted by molar-refractivity contribution is 0.363. The van der Waals surface area contributed by atoms with E-state index in [2.05, 4.69) is 20.7 Å². The van der Waals surface area contributed by atoms with Crippen molar-refractivity contribution in [2.45, 2.75) is 37.1 Å². The molecular formula is C12H19BrCl2N2O2S. The number of halogens is 3. The van der Waals surface area contributed by atoms with Crippen molar-refractivity contribution >= 4 is 50.0 Å². The van der Waals surface area contributed by atoms with E-state index in [0.29, 0.717) is 22.3 Å². The van der Waals surface area contributed by atoms with Crippen molar-refractivity contribution < 1.29 is 8.42 Å². The summed E-state index contributed by atoms with van der Waals surface area (Å²) in [5.74, 6) is 0. The lowest BCUT2D eigenvalue weighted by Crippen LogP contribution is -2.52. The first-order valence-corrected chi connectivity index (χ1v) is 8.64. The number of hydrogen-bond donors (Lipinski definition) is 2. The van der Waals surface area contributed by atoms with Crippen molar-refractivity contribution in [1.29, 1.82) is 0 Å². The second-order valence-electron chi connectivity index (χ2n) is 4.37. The van der Waals surface area contributed by atoms with Gasteiger partial charge in [0.15, 0.2) is 0 Å². The normalized spacial score (nSPS) is 12.1. The molecule has 1 rings (SSSR count). The third-order valence-corrected chi connectivity index (χ3v) is 6.07. The number of hydrogen-bond acceptors (Lipinski definition) is 3. The molecule has 1 aromatic rings. The van der Waals surface area contributed by atoms with Crippen molar-refractivity contribution in [1.82, 2.24) is 4.72 Å². The number of rotatable bonds is 6. The number of nitrogens with one attached hydrogen (secondary N) is 1. The van der Waals surface area contributed by atoms with Gasteiger partial charge in [0.05, 0.1) is 4.90 Å². The summed E-state index contributed by atoms with van der Waals surface area (Å²) in [4.78, 5) is 0.164. The molecule has 8 heteroatoms. The summed E-state index contributed by atoms with van der Waals surface area (Å²) >= 11 is 9.04. The second kappa shape index (κ2) is 7.96. The van der Waals surface area contributed by atoms with Crippen LogP contribution in [0, 0.1) is 0 Å². The molecule has 0 heterocycles. The standard InChI is InChI=1S/C12H18BrClN2O2S.ClH/c1-3-12(4-2,8-15)16-19(17,18)11-6-5-9(14)7-10(11)13;/h5-7,16H,3-4,8,15H2,1-2H3;1H. The van der Waals surface area contributed by atoms with Gasteiger partial charge in [-0.1, -0.05) is 25.4 Å². The van der Waals surface area contributed by atoms with E-state index in [0.717, 1.165) is 0 Å². The molecule has 0 bridgehead atoms. The van der Waals surface area contributed by atoms with Gasteiger partial charge >= 0.3 is 0 Å². The van der Waals surface area contributed by atoms with E-state index < -0.39 is 15.6 Å². The SMILES string of the molecule is CCC(CC)(CN)NS(=O)(=O)c1ccc(Cl)cc1Br.Cl. The summed E-state index contributed by atoms with van der Waals surface area (Å²) in [5, 5.41) is 0.474. The Balaban J connectivity index is 0.00000361. The fraction of sp³-hybridized carbons (Fsp3) is 0.500. The predicted molar refractivity (Wildman–Crippen MR) is 89.1 cm³/mol. The molecule has 0 saturated carbocycles. The first-order chi connectivity index (χ1) is 8.80. The van der Waals surface area contributed by atoms with Gasteiger partial charge < -0.3 is 5.73 Å². The zero-order valence-corrected chi connectivity index (χ0v) is 15.3. The highest BCUT2D eigenvalue weighted by Gasteiger charge is 2.31. The van der Waals surface area contributed by atoms with E-state index in [-0.39, 0.29) is 23.8 Å². The van der Waals surface area contributed by atoms with E-state index in [4.69, 9.17) is 17.3 Å². The molecule has 20 heavy (non-hydrogen) atoms. The van der Waals surface area contributed by atoms with Gasteiger partial charge in [-0.05, 0) is 47.0 Å². The Morgan fingerprint density at radius 1 is 1.35 bits per heavy atom. The zero-order chi connectivity index (χ0) is 14.7. The maximum Gasteiger partial charge on any atom is 0.242 e. The van der Waals surface area contributed by atoms with Crippen LogP contribution in [0.2, 0.25) is 5.02 Å². The van der Waals surface area contributed by atoms with Crippen molar-refractivity contribution in [3.05, 3.63) is 27.7 Å². The van der Waals surface area contributed by atoms with Crippen LogP contribution in [0.25, 0.3) is 0 Å². The topological polar surface area (TPSA) is 72.2 Å². The maximum atomic E-state index is 12.4. The largest absolute Gasteiger partial charge is 0.329 e. The van der Waals surface area contributed by atoms with Gasteiger partial charge in [-0.3, -0.25) is 0 Å². The molecule has 0 saturated heterocycles. The molecule has 116 valence electrons. The second-order valence-corrected chi connectivity index (χ2v) is 7.31. The molecule has 0 unspecified atom stereocenters. The molecule has 0 atom stereocenters. The van der Waals surface area contributed by atoms with Crippen molar-refractivity contribution in [2.24, 2.45) is 5.73 Å². The van der Waals surface area contributed by atoms with Crippen LogP contribution in [0.1, 0.15) is 26.7 Å². The Labute approximate surface area is 140 Å². The fourth-order valence-corrected chi connectivity index (χ4v) is 4.69. The molecule has 3 N–H and O–H groups in total. The third-order valence-electron chi connectivity index (χ3n) is 3.28. The Morgan fingerprint density at radius 2 is 1.90 bits per heavy atom. The minimum atomic E-state index is -3.64. The molecule has 4 nitrogen and oxygen atoms in total. The zero-order valence-electron chi connectivity index (χ0n) is 11.3. The van der Waals surface area contributed by atoms with E-state index in [1.54, 1.807) is 12.1 Å². The fourth-order valence-electron chi connectivity index (χ4n) is 1.76. The van der Waals surface area contributed by atoms with Crippen molar-refractivity contribution in [3.8, 4) is 0 Å². The lowest BCUT2D eigenvalue weighted by atomic mass is 9.95. The molecule has 0 aliphatic carbocycles. The Morgan fingerprint density at radius 3 is 2.30 bits per heavy atom. The molecule has 0 fully saturated rings. The maximum absolute atomic E-state index is 12.4. The minimum absolute atomic E-state index is 0. The molecule has 0 amide bonds. The van der Waals surface area contributed by atoms with Gasteiger partial charge in [-0.2, -0.15) is 0 Å². The highest BCUT2D eigenvalue weighted by molar-refractivity contribution is 9.10. The summed E-state index contributed by atoms with van der Waals surface area (Å²) in [6.07, 6.45) is 1.26. The molecule has 0 spiro atoms. The van der Waals surface area contributed by atoms with Crippen molar-refractivity contribution in [2.75, 3.05) is 6.54 Å². The molecule has 0 aliphatic rings. The molecular weight excluding hydrogens is 387 g/mol. The first-order valence-electron chi connectivity index (χ1n) is 5.99. The van der Waals surface area contributed by atoms with Crippen LogP contribution < -0.4 is 10.5 Å². The highest BCUT2D eigenvalue weighted by Crippen LogP contribution is 2.27. The number of benzene rings is 1. The van der Waals surface area contributed by atoms with Gasteiger partial charge in [0.1, 0.15) is 0 Å². The van der Waals surface area contributed by atoms with Crippen LogP contribution in [-0.4, -0.2) is 20.5 Å². The van der Waals surface area contributed by atoms with Crippen LogP contribution >= 0.6 is 39.9 Å². The average molecular weight is 406 g/mol. The smallest absolute Gasteiger partial charge is 0.242 e. The van der Waals surface area contributed by atoms with Crippen LogP contribution in [0.15, 0.2) is 27.6 Å². The van der Waals surface area contributed by atoms with Crippen LogP contribution in [0.3, 0.4) is 0 Å². The summed E-state index contributed by atoms with van der Waals surface area (Å²) in [6, 6.07) is 4.57. The van der Waals surface area contributed by atoms with Gasteiger partial charge in [-0.15, -0.1) is 12.4 Å². The summed E-state index contributed by atoms with van der Waals surface area (Å²) in [5.41, 5.74) is 5.10. The van der Waals surface area contributed by atoms with Gasteiger partial charge in [0, 0.05) is 21.6 Å². The van der Waals surface area contributed by atoms with Gasteiger partial charge in [0.25, 0.3) is 0 Å². The molecule has 0 radical (unpaired) electrons. The Kier molecular flexibility index (Phi) is 8.02. The van der Waals surface area contributed by atoms with Crippen molar-refractivity contribution in [3.63, 3.8) is 0 Å². The molecule has 1 aromatic carbocycles. The summed E-state index contributed by atoms with van der Waals surface area (Å²) in [7, 11) is -3.64. The highest BCUT2D eigenvalue weighted by atomic mass is 79.9. The predicted octanol–water partition coefficient (Wildman–Crippen LogP) is 3.32. The average Bonchev–Trinajstić information content (AvgIpc) is 2.35. The van der Waals surface area contributed by atoms with Crippen LogP contribution in [0.4, 0.5) is 0 Å². The molecule has 0 aromatic heterocycles. The quantitative estimate of drug-likeness (QED) is 0.762. The van der Waals surface area contributed by atoms with Gasteiger partial charge in [0.2, 0.25) is 10.0 Å². The molecule has 0 aliphatic heterocycles. The van der Waals surface area contributed by atoms with E-state index >= 15 is 0 Å².